The number of imidazole rings is 1. The molecule has 0 aromatic carbocycles. The standard InChI is InChI=1S/C22H11N3.15H2/c1-2-3-4-5-6-7-8-9-10-11-12-13-14-15-16-17-22-24-19-21-25(22)20-18-23;;;;;;;;;;;;;;;/h19,21H,18,20,23H2,1H3;15*1H. The largest absolute Gasteiger partial charge is 0.329 e. The summed E-state index contributed by atoms with van der Waals surface area (Å²) in [6.45, 7) is 2.89. The predicted octanol–water partition coefficient (Wildman–Crippen LogP) is 3.93. The maximum Gasteiger partial charge on any atom is 0.186 e. The molecule has 3 heteroatoms. The molecule has 0 saturated heterocycles. The van der Waals surface area contributed by atoms with Gasteiger partial charge in [0.2, 0.25) is 0 Å². The van der Waals surface area contributed by atoms with Crippen LogP contribution in [0, 0.1) is 94.7 Å². The Hall–Kier alpha value is -4.35. The first kappa shape index (κ1) is 18.7. The van der Waals surface area contributed by atoms with Gasteiger partial charge in [0.25, 0.3) is 0 Å². The lowest BCUT2D eigenvalue weighted by molar-refractivity contribution is 0.699. The molecule has 0 amide bonds. The second-order valence-electron chi connectivity index (χ2n) is 3.86. The summed E-state index contributed by atoms with van der Waals surface area (Å²) in [6.07, 6.45) is 3.48. The monoisotopic (exact) mass is 347 g/mol. The zero-order valence-electron chi connectivity index (χ0n) is 13.5. The molecule has 0 spiro atoms. The molecule has 0 bridgehead atoms. The van der Waals surface area contributed by atoms with Crippen LogP contribution in [0.25, 0.3) is 0 Å². The second kappa shape index (κ2) is 13.3. The van der Waals surface area contributed by atoms with E-state index in [9.17, 15) is 0 Å². The van der Waals surface area contributed by atoms with Crippen LogP contribution in [0.4, 0.5) is 0 Å². The summed E-state index contributed by atoms with van der Waals surface area (Å²) in [7, 11) is 0. The molecule has 1 aromatic heterocycles. The lowest BCUT2D eigenvalue weighted by atomic mass is 10.4. The molecule has 0 fully saturated rings. The van der Waals surface area contributed by atoms with Crippen LogP contribution in [-0.4, -0.2) is 16.1 Å². The van der Waals surface area contributed by atoms with Crippen molar-refractivity contribution in [3.05, 3.63) is 18.2 Å². The number of hydrogen-bond acceptors (Lipinski definition) is 2. The topological polar surface area (TPSA) is 43.8 Å². The van der Waals surface area contributed by atoms with E-state index in [0.29, 0.717) is 18.9 Å². The summed E-state index contributed by atoms with van der Waals surface area (Å²) in [5.41, 5.74) is 5.49. The minimum Gasteiger partial charge on any atom is -0.329 e. The van der Waals surface area contributed by atoms with E-state index in [1.54, 1.807) is 13.1 Å². The fourth-order valence-electron chi connectivity index (χ4n) is 1.28. The summed E-state index contributed by atoms with van der Waals surface area (Å²) in [6, 6.07) is 0. The Balaban J connectivity index is -0.0000000321. The Labute approximate surface area is 171 Å². The third-order valence-electron chi connectivity index (χ3n) is 2.20. The first-order valence-corrected chi connectivity index (χ1v) is 7.02. The second-order valence-corrected chi connectivity index (χ2v) is 3.86. The van der Waals surface area contributed by atoms with Crippen molar-refractivity contribution in [3.8, 4) is 94.7 Å². The van der Waals surface area contributed by atoms with Crippen molar-refractivity contribution < 1.29 is 21.4 Å². The van der Waals surface area contributed by atoms with E-state index < -0.39 is 0 Å². The molecule has 1 heterocycles. The molecule has 1 rings (SSSR count). The molecule has 1 aromatic rings. The van der Waals surface area contributed by atoms with Gasteiger partial charge in [0.1, 0.15) is 0 Å². The molecular formula is C22H41N3. The van der Waals surface area contributed by atoms with E-state index in [1.807, 2.05) is 10.8 Å². The van der Waals surface area contributed by atoms with Crippen LogP contribution >= 0.6 is 0 Å². The molecule has 0 aliphatic rings. The number of rotatable bonds is 2. The molecular weight excluding hydrogens is 306 g/mol. The minimum absolute atomic E-state index is 0. The molecule has 144 valence electrons. The van der Waals surface area contributed by atoms with E-state index in [-0.39, 0.29) is 21.4 Å². The molecule has 0 saturated carbocycles. The number of hydrogen-bond donors (Lipinski definition) is 1. The average Bonchev–Trinajstić information content (AvgIpc) is 3.06. The minimum atomic E-state index is 0. The maximum atomic E-state index is 5.49. The van der Waals surface area contributed by atoms with Gasteiger partial charge < -0.3 is 10.3 Å². The molecule has 0 radical (unpaired) electrons. The zero-order chi connectivity index (χ0) is 18.0. The number of nitrogens with zero attached hydrogens (tertiary/aromatic N) is 2. The first-order chi connectivity index (χ1) is 12.4. The maximum absolute atomic E-state index is 5.49. The van der Waals surface area contributed by atoms with Gasteiger partial charge in [0.05, 0.1) is 0 Å². The molecule has 25 heavy (non-hydrogen) atoms. The van der Waals surface area contributed by atoms with Gasteiger partial charge in [-0.05, 0) is 95.7 Å². The van der Waals surface area contributed by atoms with Crippen LogP contribution in [0.3, 0.4) is 0 Å². The Morgan fingerprint density at radius 2 is 1.32 bits per heavy atom. The summed E-state index contributed by atoms with van der Waals surface area (Å²) in [4.78, 5) is 4.10. The normalized spacial score (nSPS) is 6.16. The Morgan fingerprint density at radius 1 is 0.840 bits per heavy atom. The van der Waals surface area contributed by atoms with Crippen LogP contribution in [0.1, 0.15) is 34.1 Å². The van der Waals surface area contributed by atoms with Gasteiger partial charge in [0, 0.05) is 46.9 Å². The lowest BCUT2D eigenvalue weighted by Gasteiger charge is -1.98. The molecule has 2 N–H and O–H groups in total. The molecule has 0 unspecified atom stereocenters. The van der Waals surface area contributed by atoms with Crippen LogP contribution in [0.15, 0.2) is 12.4 Å². The number of aromatic nitrogens is 2. The summed E-state index contributed by atoms with van der Waals surface area (Å²) in [5.74, 6) is 41.8. The first-order valence-electron chi connectivity index (χ1n) is 7.02. The lowest BCUT2D eigenvalue weighted by Crippen LogP contribution is -2.10. The smallest absolute Gasteiger partial charge is 0.186 e. The zero-order valence-corrected chi connectivity index (χ0v) is 13.5. The van der Waals surface area contributed by atoms with Crippen LogP contribution in [0.2, 0.25) is 0 Å². The predicted molar refractivity (Wildman–Crippen MR) is 130 cm³/mol. The highest BCUT2D eigenvalue weighted by molar-refractivity contribution is 5.46. The highest BCUT2D eigenvalue weighted by atomic mass is 15.1. The highest BCUT2D eigenvalue weighted by Crippen LogP contribution is 1.93. The van der Waals surface area contributed by atoms with Gasteiger partial charge in [-0.15, -0.1) is 0 Å². The SMILES string of the molecule is CC#CC#CC#CC#CC#CC#CC#CC#Cc1nccn1CCN.[HH].[HH].[HH].[HH].[HH].[HH].[HH].[HH].[HH].[HH].[HH].[HH].[HH].[HH].[HH]. The van der Waals surface area contributed by atoms with Crippen molar-refractivity contribution in [2.24, 2.45) is 5.73 Å². The van der Waals surface area contributed by atoms with Gasteiger partial charge in [0.15, 0.2) is 5.82 Å². The fourth-order valence-corrected chi connectivity index (χ4v) is 1.28. The van der Waals surface area contributed by atoms with Gasteiger partial charge in [-0.1, -0.05) is 5.92 Å². The molecule has 3 nitrogen and oxygen atoms in total. The van der Waals surface area contributed by atoms with E-state index in [1.165, 1.54) is 0 Å². The van der Waals surface area contributed by atoms with E-state index in [4.69, 9.17) is 5.73 Å². The van der Waals surface area contributed by atoms with E-state index in [0.717, 1.165) is 0 Å². The van der Waals surface area contributed by atoms with Crippen LogP contribution in [0.5, 0.6) is 0 Å². The quantitative estimate of drug-likeness (QED) is 0.824. The Morgan fingerprint density at radius 3 is 1.80 bits per heavy atom. The molecule has 0 aliphatic heterocycles. The van der Waals surface area contributed by atoms with Crippen molar-refractivity contribution in [1.82, 2.24) is 9.55 Å². The summed E-state index contributed by atoms with van der Waals surface area (Å²) in [5, 5.41) is 0. The highest BCUT2D eigenvalue weighted by Gasteiger charge is 1.95. The van der Waals surface area contributed by atoms with Crippen LogP contribution in [-0.2, 0) is 6.54 Å². The van der Waals surface area contributed by atoms with Gasteiger partial charge in [-0.25, -0.2) is 4.98 Å². The van der Waals surface area contributed by atoms with Gasteiger partial charge in [-0.2, -0.15) is 0 Å². The third-order valence-corrected chi connectivity index (χ3v) is 2.20. The van der Waals surface area contributed by atoms with E-state index >= 15 is 0 Å². The summed E-state index contributed by atoms with van der Waals surface area (Å²) < 4.78 is 1.86. The Kier molecular flexibility index (Phi) is 9.96. The van der Waals surface area contributed by atoms with Crippen molar-refractivity contribution in [2.75, 3.05) is 6.54 Å². The van der Waals surface area contributed by atoms with E-state index in [2.05, 4.69) is 99.7 Å². The third kappa shape index (κ3) is 9.30. The molecule has 0 aliphatic carbocycles. The van der Waals surface area contributed by atoms with Crippen molar-refractivity contribution >= 4 is 0 Å². The van der Waals surface area contributed by atoms with Crippen molar-refractivity contribution in [3.63, 3.8) is 0 Å². The average molecular weight is 348 g/mol. The van der Waals surface area contributed by atoms with Gasteiger partial charge >= 0.3 is 0 Å². The summed E-state index contributed by atoms with van der Waals surface area (Å²) >= 11 is 0. The number of nitrogens with two attached hydrogens (primary N) is 1. The van der Waals surface area contributed by atoms with Crippen molar-refractivity contribution in [1.29, 1.82) is 0 Å². The molecule has 0 atom stereocenters. The Bertz CT molecular complexity index is 1140. The van der Waals surface area contributed by atoms with Crippen molar-refractivity contribution in [2.45, 2.75) is 13.5 Å². The van der Waals surface area contributed by atoms with Gasteiger partial charge in [-0.3, -0.25) is 0 Å². The fraction of sp³-hybridized carbons (Fsp3) is 0.136. The van der Waals surface area contributed by atoms with Crippen LogP contribution < -0.4 is 5.73 Å².